The summed E-state index contributed by atoms with van der Waals surface area (Å²) in [7, 11) is 0. The van der Waals surface area contributed by atoms with Gasteiger partial charge in [-0.05, 0) is 56.8 Å². The lowest BCUT2D eigenvalue weighted by molar-refractivity contribution is -0.136. The van der Waals surface area contributed by atoms with Crippen LogP contribution >= 0.6 is 0 Å². The second-order valence-electron chi connectivity index (χ2n) is 12.6. The van der Waals surface area contributed by atoms with Gasteiger partial charge in [0.1, 0.15) is 11.8 Å². The summed E-state index contributed by atoms with van der Waals surface area (Å²) in [6.45, 7) is 7.25. The van der Waals surface area contributed by atoms with Crippen LogP contribution in [0.4, 0.5) is 0 Å². The first-order chi connectivity index (χ1) is 20.5. The summed E-state index contributed by atoms with van der Waals surface area (Å²) in [6.07, 6.45) is 16.4. The quantitative estimate of drug-likeness (QED) is 0.289. The van der Waals surface area contributed by atoms with E-state index < -0.39 is 23.8 Å². The van der Waals surface area contributed by atoms with Crippen molar-refractivity contribution < 1.29 is 23.9 Å². The summed E-state index contributed by atoms with van der Waals surface area (Å²) < 4.78 is 5.98. The molecule has 1 aromatic carbocycles. The van der Waals surface area contributed by atoms with Crippen molar-refractivity contribution in [3.63, 3.8) is 0 Å². The fourth-order valence-electron chi connectivity index (χ4n) is 7.06. The Kier molecular flexibility index (Phi) is 11.0. The summed E-state index contributed by atoms with van der Waals surface area (Å²) in [5.74, 6) is -0.677. The summed E-state index contributed by atoms with van der Waals surface area (Å²) in [6, 6.07) is 4.02. The Hall–Kier alpha value is -2.78. The van der Waals surface area contributed by atoms with Crippen LogP contribution in [0.25, 0.3) is 0 Å². The van der Waals surface area contributed by atoms with E-state index in [1.54, 1.807) is 18.2 Å². The lowest BCUT2D eigenvalue weighted by Gasteiger charge is -2.34. The van der Waals surface area contributed by atoms with Gasteiger partial charge >= 0.3 is 0 Å². The largest absolute Gasteiger partial charge is 0.493 e. The van der Waals surface area contributed by atoms with Crippen molar-refractivity contribution in [3.8, 4) is 5.75 Å². The molecule has 1 unspecified atom stereocenters. The first-order valence-corrected chi connectivity index (χ1v) is 16.4. The standard InChI is InChI=1S/C33H48N4O5/c38-29-17-16-27(31(39)34-29)37-32(40)26-14-10-15-28(30(26)33(37)41)42-24-9-8-19-36-22-20-35(21-23-36)18-7-6-13-25-11-4-2-1-3-5-12-25/h10,14-15,25,27H,1-9,11-13,16-24H2,(H,34,38,39). The summed E-state index contributed by atoms with van der Waals surface area (Å²) in [5, 5.41) is 2.23. The Balaban J connectivity index is 0.974. The number of imide groups is 2. The van der Waals surface area contributed by atoms with E-state index in [0.29, 0.717) is 12.4 Å². The number of hydrogen-bond acceptors (Lipinski definition) is 7. The second-order valence-corrected chi connectivity index (χ2v) is 12.6. The molecule has 4 aliphatic rings. The van der Waals surface area contributed by atoms with Gasteiger partial charge in [0.05, 0.1) is 17.7 Å². The third kappa shape index (κ3) is 7.78. The fourth-order valence-corrected chi connectivity index (χ4v) is 7.06. The average Bonchev–Trinajstić information content (AvgIpc) is 3.22. The summed E-state index contributed by atoms with van der Waals surface area (Å²) in [4.78, 5) is 56.2. The number of nitrogens with one attached hydrogen (secondary N) is 1. The average molecular weight is 581 g/mol. The molecule has 9 nitrogen and oxygen atoms in total. The van der Waals surface area contributed by atoms with E-state index in [-0.39, 0.29) is 29.9 Å². The molecule has 1 atom stereocenters. The molecule has 0 spiro atoms. The van der Waals surface area contributed by atoms with Gasteiger partial charge in [0.15, 0.2) is 0 Å². The van der Waals surface area contributed by atoms with E-state index in [2.05, 4.69) is 15.1 Å². The lowest BCUT2D eigenvalue weighted by Crippen LogP contribution is -2.54. The van der Waals surface area contributed by atoms with Crippen LogP contribution in [0.5, 0.6) is 5.75 Å². The first kappa shape index (κ1) is 30.7. The molecule has 230 valence electrons. The molecule has 42 heavy (non-hydrogen) atoms. The molecule has 1 N–H and O–H groups in total. The highest BCUT2D eigenvalue weighted by Crippen LogP contribution is 2.33. The Labute approximate surface area is 250 Å². The van der Waals surface area contributed by atoms with Gasteiger partial charge in [0, 0.05) is 32.6 Å². The second kappa shape index (κ2) is 15.1. The van der Waals surface area contributed by atoms with Crippen molar-refractivity contribution in [2.75, 3.05) is 45.9 Å². The third-order valence-corrected chi connectivity index (χ3v) is 9.58. The minimum atomic E-state index is -0.973. The zero-order valence-electron chi connectivity index (χ0n) is 25.1. The highest BCUT2D eigenvalue weighted by atomic mass is 16.5. The number of piperidine rings is 1. The molecular formula is C33H48N4O5. The van der Waals surface area contributed by atoms with Gasteiger partial charge in [-0.25, -0.2) is 0 Å². The number of hydrogen-bond donors (Lipinski definition) is 1. The Morgan fingerprint density at radius 1 is 0.762 bits per heavy atom. The SMILES string of the molecule is O=C1CCC(N2C(=O)c3cccc(OCCCCN4CCN(CCCCC5CCCCCCC5)CC4)c3C2=O)C(=O)N1. The number of piperazine rings is 1. The number of fused-ring (bicyclic) bond motifs is 1. The molecule has 3 aliphatic heterocycles. The minimum absolute atomic E-state index is 0.0998. The predicted octanol–water partition coefficient (Wildman–Crippen LogP) is 4.40. The topological polar surface area (TPSA) is 99.3 Å². The van der Waals surface area contributed by atoms with Crippen LogP contribution in [0.3, 0.4) is 0 Å². The van der Waals surface area contributed by atoms with E-state index in [0.717, 1.165) is 56.4 Å². The smallest absolute Gasteiger partial charge is 0.266 e. The molecule has 0 radical (unpaired) electrons. The van der Waals surface area contributed by atoms with Crippen LogP contribution < -0.4 is 10.1 Å². The maximum Gasteiger partial charge on any atom is 0.266 e. The Morgan fingerprint density at radius 2 is 1.43 bits per heavy atom. The number of amides is 4. The van der Waals surface area contributed by atoms with E-state index in [4.69, 9.17) is 4.74 Å². The van der Waals surface area contributed by atoms with Crippen molar-refractivity contribution in [2.45, 2.75) is 95.9 Å². The van der Waals surface area contributed by atoms with Crippen molar-refractivity contribution in [1.29, 1.82) is 0 Å². The fraction of sp³-hybridized carbons (Fsp3) is 0.697. The van der Waals surface area contributed by atoms with Crippen molar-refractivity contribution >= 4 is 23.6 Å². The van der Waals surface area contributed by atoms with Gasteiger partial charge in [-0.3, -0.25) is 29.4 Å². The predicted molar refractivity (Wildman–Crippen MR) is 160 cm³/mol. The van der Waals surface area contributed by atoms with Crippen LogP contribution in [0.15, 0.2) is 18.2 Å². The molecule has 1 aromatic rings. The molecule has 4 amide bonds. The summed E-state index contributed by atoms with van der Waals surface area (Å²) >= 11 is 0. The minimum Gasteiger partial charge on any atom is -0.493 e. The molecule has 2 saturated heterocycles. The molecule has 9 heteroatoms. The number of unbranched alkanes of at least 4 members (excludes halogenated alkanes) is 2. The normalized spacial score (nSPS) is 23.0. The molecule has 1 aliphatic carbocycles. The van der Waals surface area contributed by atoms with Gasteiger partial charge in [-0.2, -0.15) is 0 Å². The molecule has 0 bridgehead atoms. The number of carbonyl (C=O) groups is 4. The van der Waals surface area contributed by atoms with Crippen LogP contribution in [0.2, 0.25) is 0 Å². The molecule has 3 fully saturated rings. The molecule has 1 saturated carbocycles. The molecule has 5 rings (SSSR count). The van der Waals surface area contributed by atoms with Crippen LogP contribution in [-0.2, 0) is 9.59 Å². The molecule has 3 heterocycles. The van der Waals surface area contributed by atoms with Crippen LogP contribution in [0.1, 0.15) is 111 Å². The van der Waals surface area contributed by atoms with Gasteiger partial charge < -0.3 is 14.5 Å². The highest BCUT2D eigenvalue weighted by Gasteiger charge is 2.46. The van der Waals surface area contributed by atoms with Crippen molar-refractivity contribution in [3.05, 3.63) is 29.3 Å². The third-order valence-electron chi connectivity index (χ3n) is 9.58. The summed E-state index contributed by atoms with van der Waals surface area (Å²) in [5.41, 5.74) is 0.466. The van der Waals surface area contributed by atoms with Crippen molar-refractivity contribution in [2.24, 2.45) is 5.92 Å². The number of nitrogens with zero attached hydrogens (tertiary/aromatic N) is 3. The zero-order chi connectivity index (χ0) is 29.3. The van der Waals surface area contributed by atoms with Gasteiger partial charge in [-0.1, -0.05) is 63.9 Å². The monoisotopic (exact) mass is 580 g/mol. The first-order valence-electron chi connectivity index (χ1n) is 16.4. The van der Waals surface area contributed by atoms with E-state index in [1.165, 1.54) is 70.8 Å². The maximum absolute atomic E-state index is 13.2. The maximum atomic E-state index is 13.2. The van der Waals surface area contributed by atoms with Gasteiger partial charge in [0.2, 0.25) is 11.8 Å². The Bertz CT molecular complexity index is 1110. The number of ether oxygens (including phenoxy) is 1. The van der Waals surface area contributed by atoms with Crippen LogP contribution in [0, 0.1) is 5.92 Å². The van der Waals surface area contributed by atoms with Crippen LogP contribution in [-0.4, -0.2) is 90.2 Å². The van der Waals surface area contributed by atoms with E-state index >= 15 is 0 Å². The molecular weight excluding hydrogens is 532 g/mol. The highest BCUT2D eigenvalue weighted by molar-refractivity contribution is 6.24. The van der Waals surface area contributed by atoms with Gasteiger partial charge in [0.25, 0.3) is 11.8 Å². The number of benzene rings is 1. The van der Waals surface area contributed by atoms with E-state index in [9.17, 15) is 19.2 Å². The molecule has 0 aromatic heterocycles. The van der Waals surface area contributed by atoms with Gasteiger partial charge in [-0.15, -0.1) is 0 Å². The zero-order valence-corrected chi connectivity index (χ0v) is 25.1. The van der Waals surface area contributed by atoms with E-state index in [1.807, 2.05) is 0 Å². The lowest BCUT2D eigenvalue weighted by atomic mass is 9.87. The van der Waals surface area contributed by atoms with Crippen molar-refractivity contribution in [1.82, 2.24) is 20.0 Å². The number of rotatable bonds is 12. The Morgan fingerprint density at radius 3 is 2.12 bits per heavy atom. The number of carbonyl (C=O) groups excluding carboxylic acids is 4.